The van der Waals surface area contributed by atoms with Gasteiger partial charge in [-0.15, -0.1) is 0 Å². The lowest BCUT2D eigenvalue weighted by molar-refractivity contribution is 0.303. The third kappa shape index (κ3) is 2.47. The van der Waals surface area contributed by atoms with Gasteiger partial charge in [-0.1, -0.05) is 18.2 Å². The molecule has 0 aromatic heterocycles. The van der Waals surface area contributed by atoms with E-state index >= 15 is 0 Å². The number of nitrogens with one attached hydrogen (secondary N) is 2. The minimum Gasteiger partial charge on any atom is -0.315 e. The maximum Gasteiger partial charge on any atom is 0.241 e. The normalized spacial score (nSPS) is 29.6. The predicted molar refractivity (Wildman–Crippen MR) is 74.5 cm³/mol. The molecule has 6 heteroatoms. The molecule has 4 nitrogen and oxygen atoms in total. The van der Waals surface area contributed by atoms with Crippen molar-refractivity contribution in [3.63, 3.8) is 0 Å². The maximum atomic E-state index is 13.0. The lowest BCUT2D eigenvalue weighted by Crippen LogP contribution is -2.55. The molecule has 2 unspecified atom stereocenters. The molecule has 2 N–H and O–H groups in total. The van der Waals surface area contributed by atoms with E-state index < -0.39 is 22.2 Å². The number of piperidine rings is 1. The molecule has 2 aliphatic rings. The van der Waals surface area contributed by atoms with Crippen molar-refractivity contribution in [2.24, 2.45) is 5.92 Å². The summed E-state index contributed by atoms with van der Waals surface area (Å²) in [4.78, 5) is 0.0610. The zero-order valence-electron chi connectivity index (χ0n) is 11.2. The van der Waals surface area contributed by atoms with Crippen molar-refractivity contribution >= 4 is 10.0 Å². The van der Waals surface area contributed by atoms with Gasteiger partial charge < -0.3 is 5.32 Å². The quantitative estimate of drug-likeness (QED) is 0.887. The Balaban J connectivity index is 1.89. The van der Waals surface area contributed by atoms with E-state index in [1.165, 1.54) is 12.1 Å². The molecule has 1 aliphatic carbocycles. The Hall–Kier alpha value is -0.980. The second-order valence-electron chi connectivity index (χ2n) is 5.87. The Labute approximate surface area is 118 Å². The number of hydrogen-bond acceptors (Lipinski definition) is 3. The van der Waals surface area contributed by atoms with Crippen LogP contribution in [0.5, 0.6) is 0 Å². The van der Waals surface area contributed by atoms with Crippen LogP contribution in [-0.4, -0.2) is 27.0 Å². The molecule has 0 amide bonds. The molecule has 110 valence electrons. The van der Waals surface area contributed by atoms with E-state index in [2.05, 4.69) is 10.0 Å². The standard InChI is InChI=1S/C14H19FN2O2S/c15-8-12-3-1-2-4-13(12)20(18,19)17-14-6-5-11(7-14)9-16-10-14/h1-4,11,16-17H,5-10H2. The van der Waals surface area contributed by atoms with E-state index in [1.54, 1.807) is 12.1 Å². The van der Waals surface area contributed by atoms with Crippen LogP contribution < -0.4 is 10.0 Å². The van der Waals surface area contributed by atoms with Gasteiger partial charge in [0.1, 0.15) is 6.67 Å². The molecule has 3 rings (SSSR count). The van der Waals surface area contributed by atoms with Gasteiger partial charge in [0, 0.05) is 17.6 Å². The van der Waals surface area contributed by atoms with Gasteiger partial charge in [0.25, 0.3) is 0 Å². The Morgan fingerprint density at radius 2 is 2.20 bits per heavy atom. The van der Waals surface area contributed by atoms with Crippen LogP contribution >= 0.6 is 0 Å². The van der Waals surface area contributed by atoms with Crippen molar-refractivity contribution in [1.29, 1.82) is 0 Å². The first-order chi connectivity index (χ1) is 9.55. The first-order valence-corrected chi connectivity index (χ1v) is 8.42. The molecule has 2 bridgehead atoms. The summed E-state index contributed by atoms with van der Waals surface area (Å²) in [6.07, 6.45) is 2.76. The summed E-state index contributed by atoms with van der Waals surface area (Å²) in [7, 11) is -3.68. The molecule has 20 heavy (non-hydrogen) atoms. The van der Waals surface area contributed by atoms with E-state index in [1.807, 2.05) is 0 Å². The average molecular weight is 298 g/mol. The molecule has 1 saturated heterocycles. The fraction of sp³-hybridized carbons (Fsp3) is 0.571. The SMILES string of the molecule is O=S(=O)(NC12CCC(CNC1)C2)c1ccccc1CF. The van der Waals surface area contributed by atoms with Crippen LogP contribution in [0.25, 0.3) is 0 Å². The van der Waals surface area contributed by atoms with Crippen LogP contribution in [0, 0.1) is 5.92 Å². The highest BCUT2D eigenvalue weighted by Crippen LogP contribution is 2.38. The summed E-state index contributed by atoms with van der Waals surface area (Å²) in [6, 6.07) is 6.27. The number of rotatable bonds is 4. The van der Waals surface area contributed by atoms with E-state index in [9.17, 15) is 12.8 Å². The van der Waals surface area contributed by atoms with E-state index in [0.717, 1.165) is 25.8 Å². The molecule has 1 saturated carbocycles. The molecule has 0 radical (unpaired) electrons. The number of hydrogen-bond donors (Lipinski definition) is 2. The van der Waals surface area contributed by atoms with Crippen LogP contribution in [0.3, 0.4) is 0 Å². The third-order valence-corrected chi connectivity index (χ3v) is 6.04. The van der Waals surface area contributed by atoms with E-state index in [4.69, 9.17) is 0 Å². The topological polar surface area (TPSA) is 58.2 Å². The second kappa shape index (κ2) is 5.09. The number of fused-ring (bicyclic) bond motifs is 2. The van der Waals surface area contributed by atoms with Crippen LogP contribution in [0.15, 0.2) is 29.2 Å². The zero-order valence-corrected chi connectivity index (χ0v) is 12.0. The summed E-state index contributed by atoms with van der Waals surface area (Å²) >= 11 is 0. The molecular weight excluding hydrogens is 279 g/mol. The van der Waals surface area contributed by atoms with Crippen LogP contribution in [0.4, 0.5) is 4.39 Å². The second-order valence-corrected chi connectivity index (χ2v) is 7.52. The summed E-state index contributed by atoms with van der Waals surface area (Å²) in [6.45, 7) is 0.843. The monoisotopic (exact) mass is 298 g/mol. The highest BCUT2D eigenvalue weighted by Gasteiger charge is 2.44. The predicted octanol–water partition coefficient (Wildman–Crippen LogP) is 1.58. The minimum atomic E-state index is -3.68. The molecule has 2 atom stereocenters. The van der Waals surface area contributed by atoms with Gasteiger partial charge in [-0.2, -0.15) is 0 Å². The summed E-state index contributed by atoms with van der Waals surface area (Å²) in [5, 5.41) is 3.29. The van der Waals surface area contributed by atoms with Crippen LogP contribution in [0.1, 0.15) is 24.8 Å². The Kier molecular flexibility index (Phi) is 3.56. The molecule has 1 aliphatic heterocycles. The van der Waals surface area contributed by atoms with Crippen molar-refractivity contribution < 1.29 is 12.8 Å². The van der Waals surface area contributed by atoms with Crippen molar-refractivity contribution in [2.75, 3.05) is 13.1 Å². The Bertz CT molecular complexity index is 601. The average Bonchev–Trinajstić information content (AvgIpc) is 2.72. The van der Waals surface area contributed by atoms with Gasteiger partial charge in [-0.05, 0) is 37.8 Å². The highest BCUT2D eigenvalue weighted by molar-refractivity contribution is 7.89. The third-order valence-electron chi connectivity index (χ3n) is 4.36. The largest absolute Gasteiger partial charge is 0.315 e. The summed E-state index contributed by atoms with van der Waals surface area (Å²) in [5.74, 6) is 0.544. The van der Waals surface area contributed by atoms with Gasteiger partial charge in [0.05, 0.1) is 4.90 Å². The fourth-order valence-corrected chi connectivity index (χ4v) is 5.10. The Morgan fingerprint density at radius 1 is 1.40 bits per heavy atom. The number of alkyl halides is 1. The van der Waals surface area contributed by atoms with Crippen LogP contribution in [-0.2, 0) is 16.7 Å². The zero-order chi connectivity index (χ0) is 14.2. The Morgan fingerprint density at radius 3 is 3.00 bits per heavy atom. The fourth-order valence-electron chi connectivity index (χ4n) is 3.43. The first kappa shape index (κ1) is 14.0. The van der Waals surface area contributed by atoms with Gasteiger partial charge in [0.2, 0.25) is 10.0 Å². The van der Waals surface area contributed by atoms with Gasteiger partial charge in [-0.25, -0.2) is 17.5 Å². The number of benzene rings is 1. The molecule has 0 spiro atoms. The van der Waals surface area contributed by atoms with Crippen LogP contribution in [0.2, 0.25) is 0 Å². The summed E-state index contributed by atoms with van der Waals surface area (Å²) < 4.78 is 40.9. The van der Waals surface area contributed by atoms with E-state index in [-0.39, 0.29) is 10.5 Å². The molecular formula is C14H19FN2O2S. The number of sulfonamides is 1. The maximum absolute atomic E-state index is 13.0. The molecule has 1 aromatic carbocycles. The van der Waals surface area contributed by atoms with Crippen molar-refractivity contribution in [1.82, 2.24) is 10.0 Å². The van der Waals surface area contributed by atoms with Gasteiger partial charge in [-0.3, -0.25) is 0 Å². The smallest absolute Gasteiger partial charge is 0.241 e. The first-order valence-electron chi connectivity index (χ1n) is 6.93. The summed E-state index contributed by atoms with van der Waals surface area (Å²) in [5.41, 5.74) is -0.180. The molecule has 2 fully saturated rings. The van der Waals surface area contributed by atoms with Gasteiger partial charge in [0.15, 0.2) is 0 Å². The van der Waals surface area contributed by atoms with Crippen molar-refractivity contribution in [3.05, 3.63) is 29.8 Å². The lowest BCUT2D eigenvalue weighted by atomic mass is 9.94. The molecule has 1 aromatic rings. The molecule has 1 heterocycles. The van der Waals surface area contributed by atoms with Crippen molar-refractivity contribution in [2.45, 2.75) is 36.4 Å². The van der Waals surface area contributed by atoms with E-state index in [0.29, 0.717) is 12.5 Å². The van der Waals surface area contributed by atoms with Gasteiger partial charge >= 0.3 is 0 Å². The highest BCUT2D eigenvalue weighted by atomic mass is 32.2. The van der Waals surface area contributed by atoms with Crippen molar-refractivity contribution in [3.8, 4) is 0 Å². The lowest BCUT2D eigenvalue weighted by Gasteiger charge is -2.34. The number of halogens is 1. The minimum absolute atomic E-state index is 0.0610.